The maximum absolute atomic E-state index is 12.9. The molecule has 1 N–H and O–H groups in total. The molecule has 4 nitrogen and oxygen atoms in total. The Labute approximate surface area is 162 Å². The maximum atomic E-state index is 12.9. The predicted molar refractivity (Wildman–Crippen MR) is 110 cm³/mol. The third-order valence-electron chi connectivity index (χ3n) is 4.44. The molecular formula is C23H29NO3. The number of ether oxygens (including phenoxy) is 2. The lowest BCUT2D eigenvalue weighted by Crippen LogP contribution is -2.29. The first kappa shape index (κ1) is 20.6. The SMILES string of the molecule is C=CCc1cc(C(=O)N[C@H](CC(C)C)c2ccc(OC)cc2)ccc1OC. The van der Waals surface area contributed by atoms with Gasteiger partial charge in [-0.25, -0.2) is 0 Å². The molecule has 0 fully saturated rings. The van der Waals surface area contributed by atoms with Gasteiger partial charge in [0.2, 0.25) is 0 Å². The summed E-state index contributed by atoms with van der Waals surface area (Å²) in [6.07, 6.45) is 3.31. The summed E-state index contributed by atoms with van der Waals surface area (Å²) in [4.78, 5) is 12.9. The molecule has 0 aromatic heterocycles. The smallest absolute Gasteiger partial charge is 0.251 e. The van der Waals surface area contributed by atoms with Crippen LogP contribution in [-0.4, -0.2) is 20.1 Å². The van der Waals surface area contributed by atoms with E-state index < -0.39 is 0 Å². The minimum Gasteiger partial charge on any atom is -0.497 e. The van der Waals surface area contributed by atoms with Gasteiger partial charge in [0.25, 0.3) is 5.91 Å². The zero-order valence-electron chi connectivity index (χ0n) is 16.6. The lowest BCUT2D eigenvalue weighted by atomic mass is 9.96. The molecule has 144 valence electrons. The number of carbonyl (C=O) groups excluding carboxylic acids is 1. The van der Waals surface area contributed by atoms with E-state index in [0.29, 0.717) is 17.9 Å². The van der Waals surface area contributed by atoms with Gasteiger partial charge in [0.1, 0.15) is 11.5 Å². The minimum absolute atomic E-state index is 0.0617. The van der Waals surface area contributed by atoms with E-state index in [4.69, 9.17) is 9.47 Å². The summed E-state index contributed by atoms with van der Waals surface area (Å²) in [7, 11) is 3.27. The van der Waals surface area contributed by atoms with Gasteiger partial charge in [0.05, 0.1) is 20.3 Å². The van der Waals surface area contributed by atoms with Crippen LogP contribution in [0.1, 0.15) is 47.8 Å². The first-order valence-electron chi connectivity index (χ1n) is 9.21. The Morgan fingerprint density at radius 1 is 1.11 bits per heavy atom. The monoisotopic (exact) mass is 367 g/mol. The van der Waals surface area contributed by atoms with E-state index in [-0.39, 0.29) is 11.9 Å². The second kappa shape index (κ2) is 9.81. The number of allylic oxidation sites excluding steroid dienone is 1. The van der Waals surface area contributed by atoms with E-state index in [1.165, 1.54) is 0 Å². The van der Waals surface area contributed by atoms with E-state index in [2.05, 4.69) is 25.7 Å². The summed E-state index contributed by atoms with van der Waals surface area (Å²) >= 11 is 0. The van der Waals surface area contributed by atoms with E-state index in [1.54, 1.807) is 26.4 Å². The largest absolute Gasteiger partial charge is 0.497 e. The summed E-state index contributed by atoms with van der Waals surface area (Å²) in [5, 5.41) is 3.18. The molecule has 0 saturated heterocycles. The molecule has 2 aromatic carbocycles. The van der Waals surface area contributed by atoms with Crippen LogP contribution in [0, 0.1) is 5.92 Å². The van der Waals surface area contributed by atoms with Crippen LogP contribution in [0.3, 0.4) is 0 Å². The number of nitrogens with one attached hydrogen (secondary N) is 1. The summed E-state index contributed by atoms with van der Waals surface area (Å²) in [5.41, 5.74) is 2.64. The van der Waals surface area contributed by atoms with Crippen LogP contribution < -0.4 is 14.8 Å². The second-order valence-corrected chi connectivity index (χ2v) is 6.95. The van der Waals surface area contributed by atoms with Crippen molar-refractivity contribution in [3.63, 3.8) is 0 Å². The zero-order chi connectivity index (χ0) is 19.8. The highest BCUT2D eigenvalue weighted by Gasteiger charge is 2.18. The summed E-state index contributed by atoms with van der Waals surface area (Å²) < 4.78 is 10.6. The van der Waals surface area contributed by atoms with Crippen molar-refractivity contribution >= 4 is 5.91 Å². The predicted octanol–water partition coefficient (Wildman–Crippen LogP) is 4.95. The van der Waals surface area contributed by atoms with Gasteiger partial charge in [-0.05, 0) is 60.2 Å². The van der Waals surface area contributed by atoms with Crippen LogP contribution in [-0.2, 0) is 6.42 Å². The van der Waals surface area contributed by atoms with Gasteiger partial charge in [-0.1, -0.05) is 32.1 Å². The third kappa shape index (κ3) is 5.61. The molecule has 0 saturated carbocycles. The average Bonchev–Trinajstić information content (AvgIpc) is 2.67. The normalized spacial score (nSPS) is 11.7. The van der Waals surface area contributed by atoms with E-state index in [1.807, 2.05) is 36.4 Å². The highest BCUT2D eigenvalue weighted by molar-refractivity contribution is 5.94. The molecule has 1 atom stereocenters. The molecule has 0 aliphatic carbocycles. The van der Waals surface area contributed by atoms with Gasteiger partial charge in [-0.3, -0.25) is 4.79 Å². The lowest BCUT2D eigenvalue weighted by Gasteiger charge is -2.22. The molecule has 0 bridgehead atoms. The molecule has 0 aliphatic heterocycles. The minimum atomic E-state index is -0.0931. The molecule has 4 heteroatoms. The lowest BCUT2D eigenvalue weighted by molar-refractivity contribution is 0.0932. The Bertz CT molecular complexity index is 766. The van der Waals surface area contributed by atoms with Gasteiger partial charge in [0, 0.05) is 5.56 Å². The van der Waals surface area contributed by atoms with Gasteiger partial charge >= 0.3 is 0 Å². The molecule has 0 unspecified atom stereocenters. The van der Waals surface area contributed by atoms with Crippen LogP contribution in [0.5, 0.6) is 11.5 Å². The molecule has 2 rings (SSSR count). The summed E-state index contributed by atoms with van der Waals surface area (Å²) in [6.45, 7) is 8.08. The van der Waals surface area contributed by atoms with Crippen LogP contribution in [0.25, 0.3) is 0 Å². The summed E-state index contributed by atoms with van der Waals surface area (Å²) in [6, 6.07) is 13.3. The molecule has 0 radical (unpaired) electrons. The number of benzene rings is 2. The van der Waals surface area contributed by atoms with Crippen LogP contribution in [0.4, 0.5) is 0 Å². The Morgan fingerprint density at radius 2 is 1.81 bits per heavy atom. The van der Waals surface area contributed by atoms with Gasteiger partial charge in [-0.2, -0.15) is 0 Å². The first-order valence-corrected chi connectivity index (χ1v) is 9.21. The number of carbonyl (C=O) groups is 1. The Hall–Kier alpha value is -2.75. The van der Waals surface area contributed by atoms with Gasteiger partial charge in [-0.15, -0.1) is 6.58 Å². The standard InChI is InChI=1S/C23H29NO3/c1-6-7-18-15-19(10-13-22(18)27-5)23(25)24-21(14-16(2)3)17-8-11-20(26-4)12-9-17/h6,8-13,15-16,21H,1,7,14H2,2-5H3,(H,24,25)/t21-/m1/s1. The highest BCUT2D eigenvalue weighted by Crippen LogP contribution is 2.25. The number of rotatable bonds is 9. The van der Waals surface area contributed by atoms with E-state index in [9.17, 15) is 4.79 Å². The van der Waals surface area contributed by atoms with Crippen molar-refractivity contribution in [2.75, 3.05) is 14.2 Å². The molecule has 2 aromatic rings. The Kier molecular flexibility index (Phi) is 7.47. The maximum Gasteiger partial charge on any atom is 0.251 e. The average molecular weight is 367 g/mol. The Balaban J connectivity index is 2.24. The van der Waals surface area contributed by atoms with Crippen molar-refractivity contribution in [2.45, 2.75) is 32.7 Å². The van der Waals surface area contributed by atoms with Crippen molar-refractivity contribution in [1.29, 1.82) is 0 Å². The molecule has 0 heterocycles. The van der Waals surface area contributed by atoms with Crippen molar-refractivity contribution in [3.05, 3.63) is 71.8 Å². The second-order valence-electron chi connectivity index (χ2n) is 6.95. The highest BCUT2D eigenvalue weighted by atomic mass is 16.5. The van der Waals surface area contributed by atoms with E-state index >= 15 is 0 Å². The van der Waals surface area contributed by atoms with Crippen molar-refractivity contribution < 1.29 is 14.3 Å². The van der Waals surface area contributed by atoms with Gasteiger partial charge < -0.3 is 14.8 Å². The van der Waals surface area contributed by atoms with Gasteiger partial charge in [0.15, 0.2) is 0 Å². The topological polar surface area (TPSA) is 47.6 Å². The van der Waals surface area contributed by atoms with Crippen LogP contribution in [0.2, 0.25) is 0 Å². The number of methoxy groups -OCH3 is 2. The molecule has 27 heavy (non-hydrogen) atoms. The zero-order valence-corrected chi connectivity index (χ0v) is 16.6. The number of hydrogen-bond acceptors (Lipinski definition) is 3. The third-order valence-corrected chi connectivity index (χ3v) is 4.44. The number of hydrogen-bond donors (Lipinski definition) is 1. The molecular weight excluding hydrogens is 338 g/mol. The number of amides is 1. The van der Waals surface area contributed by atoms with Crippen LogP contribution in [0.15, 0.2) is 55.1 Å². The van der Waals surface area contributed by atoms with Crippen molar-refractivity contribution in [3.8, 4) is 11.5 Å². The Morgan fingerprint density at radius 3 is 2.37 bits per heavy atom. The first-order chi connectivity index (χ1) is 13.0. The van der Waals surface area contributed by atoms with Crippen molar-refractivity contribution in [1.82, 2.24) is 5.32 Å². The molecule has 0 aliphatic rings. The fourth-order valence-electron chi connectivity index (χ4n) is 3.06. The fourth-order valence-corrected chi connectivity index (χ4v) is 3.06. The quantitative estimate of drug-likeness (QED) is 0.638. The fraction of sp³-hybridized carbons (Fsp3) is 0.348. The van der Waals surface area contributed by atoms with Crippen LogP contribution >= 0.6 is 0 Å². The molecule has 0 spiro atoms. The molecule has 1 amide bonds. The van der Waals surface area contributed by atoms with E-state index in [0.717, 1.165) is 29.0 Å². The van der Waals surface area contributed by atoms with Crippen molar-refractivity contribution in [2.24, 2.45) is 5.92 Å². The summed E-state index contributed by atoms with van der Waals surface area (Å²) in [5.74, 6) is 1.92.